The SMILES string of the molecule is Cc1cc(-c2noc(-c3sc(C)c4c3C[C@@H]3[C@H]4C3(C)C)n2)cc(C)c1OCCCN1CCCC1. The van der Waals surface area contributed by atoms with Crippen molar-refractivity contribution < 1.29 is 9.26 Å². The molecule has 0 bridgehead atoms. The van der Waals surface area contributed by atoms with Crippen molar-refractivity contribution in [2.75, 3.05) is 26.2 Å². The lowest BCUT2D eigenvalue weighted by molar-refractivity contribution is 0.261. The lowest BCUT2D eigenvalue weighted by atomic mass is 9.95. The molecule has 6 rings (SSSR count). The highest BCUT2D eigenvalue weighted by Gasteiger charge is 2.63. The highest BCUT2D eigenvalue weighted by molar-refractivity contribution is 7.15. The molecule has 1 saturated heterocycles. The van der Waals surface area contributed by atoms with Gasteiger partial charge >= 0.3 is 0 Å². The Bertz CT molecular complexity index is 1210. The molecule has 1 aliphatic heterocycles. The quantitative estimate of drug-likeness (QED) is 0.361. The zero-order chi connectivity index (χ0) is 23.6. The summed E-state index contributed by atoms with van der Waals surface area (Å²) in [5.74, 6) is 3.80. The van der Waals surface area contributed by atoms with Gasteiger partial charge in [-0.1, -0.05) is 19.0 Å². The topological polar surface area (TPSA) is 51.4 Å². The van der Waals surface area contributed by atoms with E-state index in [-0.39, 0.29) is 0 Å². The lowest BCUT2D eigenvalue weighted by Gasteiger charge is -2.16. The number of nitrogens with zero attached hydrogens (tertiary/aromatic N) is 3. The summed E-state index contributed by atoms with van der Waals surface area (Å²) in [4.78, 5) is 9.97. The number of thiophene rings is 1. The van der Waals surface area contributed by atoms with Crippen LogP contribution in [0.1, 0.15) is 66.2 Å². The number of likely N-dealkylation sites (tertiary alicyclic amines) is 1. The minimum atomic E-state index is 0.448. The van der Waals surface area contributed by atoms with Gasteiger partial charge in [0.05, 0.1) is 11.5 Å². The van der Waals surface area contributed by atoms with Crippen LogP contribution in [0.4, 0.5) is 0 Å². The van der Waals surface area contributed by atoms with Crippen molar-refractivity contribution in [3.8, 4) is 27.9 Å². The van der Waals surface area contributed by atoms with E-state index in [0.29, 0.717) is 23.0 Å². The molecular weight excluding hydrogens is 442 g/mol. The van der Waals surface area contributed by atoms with Crippen LogP contribution in [0.25, 0.3) is 22.2 Å². The molecule has 3 aliphatic rings. The summed E-state index contributed by atoms with van der Waals surface area (Å²) >= 11 is 1.82. The Kier molecular flexibility index (Phi) is 5.38. The maximum Gasteiger partial charge on any atom is 0.268 e. The van der Waals surface area contributed by atoms with Gasteiger partial charge in [0.15, 0.2) is 0 Å². The highest BCUT2D eigenvalue weighted by Crippen LogP contribution is 2.72. The fourth-order valence-electron chi connectivity index (χ4n) is 6.51. The van der Waals surface area contributed by atoms with E-state index in [1.54, 1.807) is 5.56 Å². The van der Waals surface area contributed by atoms with Crippen molar-refractivity contribution in [1.29, 1.82) is 0 Å². The van der Waals surface area contributed by atoms with E-state index in [0.717, 1.165) is 54.4 Å². The first-order valence-corrected chi connectivity index (χ1v) is 13.6. The maximum atomic E-state index is 6.19. The average molecular weight is 478 g/mol. The Morgan fingerprint density at radius 3 is 2.62 bits per heavy atom. The molecule has 3 aromatic rings. The molecule has 5 nitrogen and oxygen atoms in total. The Morgan fingerprint density at radius 1 is 1.15 bits per heavy atom. The van der Waals surface area contributed by atoms with E-state index in [9.17, 15) is 0 Å². The Labute approximate surface area is 206 Å². The van der Waals surface area contributed by atoms with Crippen LogP contribution in [0.2, 0.25) is 0 Å². The summed E-state index contributed by atoms with van der Waals surface area (Å²) in [6.07, 6.45) is 4.89. The number of hydrogen-bond donors (Lipinski definition) is 0. The number of fused-ring (bicyclic) bond motifs is 3. The number of benzene rings is 1. The van der Waals surface area contributed by atoms with E-state index in [4.69, 9.17) is 14.2 Å². The van der Waals surface area contributed by atoms with E-state index in [2.05, 4.69) is 56.8 Å². The Hall–Kier alpha value is -2.18. The van der Waals surface area contributed by atoms with Crippen LogP contribution >= 0.6 is 11.3 Å². The van der Waals surface area contributed by atoms with Crippen molar-refractivity contribution in [1.82, 2.24) is 15.0 Å². The largest absolute Gasteiger partial charge is 0.493 e. The summed E-state index contributed by atoms with van der Waals surface area (Å²) in [6.45, 7) is 15.6. The molecule has 2 aromatic heterocycles. The minimum Gasteiger partial charge on any atom is -0.493 e. The van der Waals surface area contributed by atoms with Gasteiger partial charge in [-0.25, -0.2) is 0 Å². The van der Waals surface area contributed by atoms with Gasteiger partial charge in [0, 0.05) is 17.0 Å². The van der Waals surface area contributed by atoms with Crippen molar-refractivity contribution in [2.45, 2.75) is 66.2 Å². The smallest absolute Gasteiger partial charge is 0.268 e. The van der Waals surface area contributed by atoms with Crippen molar-refractivity contribution in [3.05, 3.63) is 39.3 Å². The van der Waals surface area contributed by atoms with Gasteiger partial charge in [0.25, 0.3) is 5.89 Å². The Morgan fingerprint density at radius 2 is 1.88 bits per heavy atom. The zero-order valence-corrected chi connectivity index (χ0v) is 21.8. The van der Waals surface area contributed by atoms with Crippen molar-refractivity contribution >= 4 is 11.3 Å². The number of hydrogen-bond acceptors (Lipinski definition) is 6. The van der Waals surface area contributed by atoms with Crippen LogP contribution in [-0.2, 0) is 6.42 Å². The number of aromatic nitrogens is 2. The van der Waals surface area contributed by atoms with Crippen LogP contribution in [0, 0.1) is 32.1 Å². The number of rotatable bonds is 7. The molecule has 0 amide bonds. The molecule has 2 fully saturated rings. The van der Waals surface area contributed by atoms with E-state index >= 15 is 0 Å². The van der Waals surface area contributed by atoms with Gasteiger partial charge in [-0.15, -0.1) is 11.3 Å². The van der Waals surface area contributed by atoms with Crippen LogP contribution in [0.3, 0.4) is 0 Å². The molecule has 0 N–H and O–H groups in total. The molecular formula is C28H35N3O2S. The van der Waals surface area contributed by atoms with Crippen LogP contribution in [-0.4, -0.2) is 41.3 Å². The third kappa shape index (κ3) is 3.61. The average Bonchev–Trinajstić information content (AvgIpc) is 3.43. The fraction of sp³-hybridized carbons (Fsp3) is 0.571. The molecule has 2 atom stereocenters. The molecule has 0 spiro atoms. The second kappa shape index (κ2) is 8.20. The van der Waals surface area contributed by atoms with Gasteiger partial charge in [-0.2, -0.15) is 4.98 Å². The molecule has 3 heterocycles. The van der Waals surface area contributed by atoms with Gasteiger partial charge in [0.2, 0.25) is 5.82 Å². The van der Waals surface area contributed by atoms with Crippen LogP contribution in [0.5, 0.6) is 5.75 Å². The van der Waals surface area contributed by atoms with Crippen molar-refractivity contribution in [3.63, 3.8) is 0 Å². The normalized spacial score (nSPS) is 22.7. The summed E-state index contributed by atoms with van der Waals surface area (Å²) in [6, 6.07) is 4.25. The van der Waals surface area contributed by atoms with Gasteiger partial charge < -0.3 is 14.2 Å². The number of ether oxygens (including phenoxy) is 1. The third-order valence-corrected chi connectivity index (χ3v) is 9.57. The molecule has 1 saturated carbocycles. The van der Waals surface area contributed by atoms with Crippen LogP contribution < -0.4 is 4.74 Å². The summed E-state index contributed by atoms with van der Waals surface area (Å²) < 4.78 is 12.0. The Balaban J connectivity index is 1.18. The summed E-state index contributed by atoms with van der Waals surface area (Å²) in [7, 11) is 0. The second-order valence-electron chi connectivity index (χ2n) is 11.1. The second-order valence-corrected chi connectivity index (χ2v) is 12.3. The molecule has 0 unspecified atom stereocenters. The van der Waals surface area contributed by atoms with Gasteiger partial charge in [-0.05, 0) is 111 Å². The fourth-order valence-corrected chi connectivity index (χ4v) is 7.67. The zero-order valence-electron chi connectivity index (χ0n) is 21.0. The summed E-state index contributed by atoms with van der Waals surface area (Å²) in [5.41, 5.74) is 6.70. The van der Waals surface area contributed by atoms with E-state index in [1.165, 1.54) is 41.2 Å². The van der Waals surface area contributed by atoms with Crippen LogP contribution in [0.15, 0.2) is 16.7 Å². The monoisotopic (exact) mass is 477 g/mol. The molecule has 180 valence electrons. The lowest BCUT2D eigenvalue weighted by Crippen LogP contribution is -2.22. The first-order chi connectivity index (χ1) is 16.3. The predicted molar refractivity (Wildman–Crippen MR) is 137 cm³/mol. The van der Waals surface area contributed by atoms with E-state index in [1.807, 2.05) is 11.3 Å². The third-order valence-electron chi connectivity index (χ3n) is 8.42. The predicted octanol–water partition coefficient (Wildman–Crippen LogP) is 6.55. The minimum absolute atomic E-state index is 0.448. The first-order valence-electron chi connectivity index (χ1n) is 12.8. The molecule has 34 heavy (non-hydrogen) atoms. The standard InChI is InChI=1S/C28H35N3O2S/c1-16-13-19(14-17(2)24(16)32-12-8-11-31-9-6-7-10-31)26-29-27(33-30-26)25-20-15-21-23(28(21,4)5)22(20)18(3)34-25/h13-14,21,23H,6-12,15H2,1-5H3/t21-,23-/m1/s1. The van der Waals surface area contributed by atoms with Gasteiger partial charge in [0.1, 0.15) is 5.75 Å². The molecule has 6 heteroatoms. The number of aryl methyl sites for hydroxylation is 3. The molecule has 2 aliphatic carbocycles. The highest BCUT2D eigenvalue weighted by atomic mass is 32.1. The molecule has 0 radical (unpaired) electrons. The maximum absolute atomic E-state index is 6.19. The van der Waals surface area contributed by atoms with Gasteiger partial charge in [-0.3, -0.25) is 0 Å². The first kappa shape index (κ1) is 22.3. The van der Waals surface area contributed by atoms with E-state index < -0.39 is 0 Å². The molecule has 1 aromatic carbocycles. The summed E-state index contributed by atoms with van der Waals surface area (Å²) in [5, 5.41) is 4.36. The van der Waals surface area contributed by atoms with Crippen molar-refractivity contribution in [2.24, 2.45) is 11.3 Å².